The molecule has 0 aliphatic carbocycles. The summed E-state index contributed by atoms with van der Waals surface area (Å²) in [6.07, 6.45) is 0. The lowest BCUT2D eigenvalue weighted by Gasteiger charge is -2.12. The number of halogens is 1. The van der Waals surface area contributed by atoms with Gasteiger partial charge in [0.25, 0.3) is 10.0 Å². The van der Waals surface area contributed by atoms with E-state index in [0.29, 0.717) is 11.3 Å². The quantitative estimate of drug-likeness (QED) is 0.585. The van der Waals surface area contributed by atoms with E-state index in [2.05, 4.69) is 14.7 Å². The molecule has 0 unspecified atom stereocenters. The van der Waals surface area contributed by atoms with Crippen LogP contribution in [0.5, 0.6) is 0 Å². The molecule has 0 bridgehead atoms. The van der Waals surface area contributed by atoms with E-state index in [1.807, 2.05) is 32.0 Å². The van der Waals surface area contributed by atoms with Gasteiger partial charge in [-0.15, -0.1) is 0 Å². The van der Waals surface area contributed by atoms with E-state index >= 15 is 0 Å². The minimum atomic E-state index is -4.12. The van der Waals surface area contributed by atoms with Crippen molar-refractivity contribution >= 4 is 33.5 Å². The highest BCUT2D eigenvalue weighted by Gasteiger charge is 2.20. The summed E-state index contributed by atoms with van der Waals surface area (Å²) in [4.78, 5) is 19.3. The van der Waals surface area contributed by atoms with E-state index in [1.165, 1.54) is 12.1 Å². The third-order valence-electron chi connectivity index (χ3n) is 4.27. The molecule has 9 heteroatoms. The van der Waals surface area contributed by atoms with Gasteiger partial charge in [0.1, 0.15) is 5.15 Å². The molecule has 0 saturated carbocycles. The summed E-state index contributed by atoms with van der Waals surface area (Å²) in [6.45, 7) is 5.45. The van der Waals surface area contributed by atoms with Gasteiger partial charge in [0, 0.05) is 11.6 Å². The second-order valence-electron chi connectivity index (χ2n) is 6.61. The average Bonchev–Trinajstić information content (AvgIpc) is 2.60. The third-order valence-corrected chi connectivity index (χ3v) is 5.77. The van der Waals surface area contributed by atoms with Crippen LogP contribution in [0.3, 0.4) is 0 Å². The number of aromatic carboxylic acids is 1. The van der Waals surface area contributed by atoms with Crippen LogP contribution in [-0.4, -0.2) is 29.5 Å². The third kappa shape index (κ3) is 4.55. The normalized spacial score (nSPS) is 11.3. The SMILES string of the molecule is Cc1cc(C(=O)O)cc(S(=O)(=O)Nc2nc(Cl)cc(-c3c(C)cccc3C)n2)c1. The monoisotopic (exact) mass is 431 g/mol. The molecular weight excluding hydrogens is 414 g/mol. The molecular formula is C20H18ClN3O4S. The number of carboxylic acid groups (broad SMARTS) is 1. The number of aryl methyl sites for hydroxylation is 3. The Labute approximate surface area is 173 Å². The number of rotatable bonds is 5. The molecule has 1 aromatic heterocycles. The first-order chi connectivity index (χ1) is 13.6. The lowest BCUT2D eigenvalue weighted by Crippen LogP contribution is -2.16. The topological polar surface area (TPSA) is 109 Å². The first kappa shape index (κ1) is 20.8. The molecule has 0 saturated heterocycles. The van der Waals surface area contributed by atoms with Gasteiger partial charge in [-0.2, -0.15) is 0 Å². The number of nitrogens with zero attached hydrogens (tertiary/aromatic N) is 2. The zero-order valence-electron chi connectivity index (χ0n) is 15.9. The number of sulfonamides is 1. The standard InChI is InChI=1S/C20H18ClN3O4S/c1-11-7-14(19(25)26)9-15(8-11)29(27,28)24-20-22-16(10-17(21)23-20)18-12(2)5-4-6-13(18)3/h4-10H,1-3H3,(H,25,26)(H,22,23,24). The molecule has 3 aromatic rings. The second kappa shape index (κ2) is 7.81. The fraction of sp³-hybridized carbons (Fsp3) is 0.150. The average molecular weight is 432 g/mol. The van der Waals surface area contributed by atoms with E-state index in [0.717, 1.165) is 22.8 Å². The minimum Gasteiger partial charge on any atom is -0.478 e. The van der Waals surface area contributed by atoms with E-state index in [9.17, 15) is 18.3 Å². The molecule has 0 aliphatic heterocycles. The summed E-state index contributed by atoms with van der Waals surface area (Å²) >= 11 is 6.11. The van der Waals surface area contributed by atoms with Crippen LogP contribution < -0.4 is 4.72 Å². The van der Waals surface area contributed by atoms with Crippen molar-refractivity contribution in [2.24, 2.45) is 0 Å². The van der Waals surface area contributed by atoms with Gasteiger partial charge in [-0.1, -0.05) is 29.8 Å². The summed E-state index contributed by atoms with van der Waals surface area (Å²) in [5.41, 5.74) is 3.59. The number of carbonyl (C=O) groups is 1. The van der Waals surface area contributed by atoms with Crippen molar-refractivity contribution in [1.29, 1.82) is 0 Å². The van der Waals surface area contributed by atoms with Crippen LogP contribution in [0.25, 0.3) is 11.3 Å². The van der Waals surface area contributed by atoms with Gasteiger partial charge < -0.3 is 5.11 Å². The highest BCUT2D eigenvalue weighted by molar-refractivity contribution is 7.92. The van der Waals surface area contributed by atoms with Crippen molar-refractivity contribution in [1.82, 2.24) is 9.97 Å². The highest BCUT2D eigenvalue weighted by atomic mass is 35.5. The second-order valence-corrected chi connectivity index (χ2v) is 8.68. The van der Waals surface area contributed by atoms with Crippen LogP contribution in [0.1, 0.15) is 27.0 Å². The van der Waals surface area contributed by atoms with E-state index in [-0.39, 0.29) is 21.6 Å². The number of aromatic nitrogens is 2. The Hall–Kier alpha value is -2.97. The zero-order valence-corrected chi connectivity index (χ0v) is 17.5. The van der Waals surface area contributed by atoms with Crippen molar-refractivity contribution in [2.75, 3.05) is 4.72 Å². The Morgan fingerprint density at radius 3 is 2.31 bits per heavy atom. The number of hydrogen-bond donors (Lipinski definition) is 2. The van der Waals surface area contributed by atoms with Gasteiger partial charge >= 0.3 is 5.97 Å². The maximum Gasteiger partial charge on any atom is 0.335 e. The number of hydrogen-bond acceptors (Lipinski definition) is 5. The van der Waals surface area contributed by atoms with Gasteiger partial charge in [0.2, 0.25) is 5.95 Å². The van der Waals surface area contributed by atoms with E-state index < -0.39 is 16.0 Å². The van der Waals surface area contributed by atoms with Crippen molar-refractivity contribution in [3.05, 3.63) is 69.9 Å². The molecule has 29 heavy (non-hydrogen) atoms. The fourth-order valence-electron chi connectivity index (χ4n) is 3.02. The summed E-state index contributed by atoms with van der Waals surface area (Å²) < 4.78 is 27.9. The van der Waals surface area contributed by atoms with Crippen LogP contribution in [0, 0.1) is 20.8 Å². The Balaban J connectivity index is 2.05. The summed E-state index contributed by atoms with van der Waals surface area (Å²) in [6, 6.07) is 11.1. The van der Waals surface area contributed by atoms with E-state index in [1.54, 1.807) is 13.0 Å². The maximum atomic E-state index is 12.8. The molecule has 0 fully saturated rings. The van der Waals surface area contributed by atoms with Crippen molar-refractivity contribution < 1.29 is 18.3 Å². The molecule has 7 nitrogen and oxygen atoms in total. The first-order valence-corrected chi connectivity index (χ1v) is 10.4. The van der Waals surface area contributed by atoms with Crippen LogP contribution in [-0.2, 0) is 10.0 Å². The molecule has 2 aromatic carbocycles. The van der Waals surface area contributed by atoms with Crippen LogP contribution in [0.4, 0.5) is 5.95 Å². The molecule has 0 radical (unpaired) electrons. The Bertz CT molecular complexity index is 1210. The van der Waals surface area contributed by atoms with Gasteiger partial charge in [-0.3, -0.25) is 0 Å². The molecule has 0 atom stereocenters. The summed E-state index contributed by atoms with van der Waals surface area (Å²) in [5.74, 6) is -1.42. The highest BCUT2D eigenvalue weighted by Crippen LogP contribution is 2.28. The molecule has 0 amide bonds. The molecule has 2 N–H and O–H groups in total. The lowest BCUT2D eigenvalue weighted by atomic mass is 10.00. The minimum absolute atomic E-state index is 0.0748. The van der Waals surface area contributed by atoms with Crippen LogP contribution in [0.15, 0.2) is 47.4 Å². The smallest absolute Gasteiger partial charge is 0.335 e. The molecule has 1 heterocycles. The maximum absolute atomic E-state index is 12.8. The number of anilines is 1. The molecule has 0 aliphatic rings. The fourth-order valence-corrected chi connectivity index (χ4v) is 4.27. The zero-order chi connectivity index (χ0) is 21.3. The molecule has 150 valence electrons. The largest absolute Gasteiger partial charge is 0.478 e. The predicted molar refractivity (Wildman–Crippen MR) is 111 cm³/mol. The van der Waals surface area contributed by atoms with Gasteiger partial charge in [-0.25, -0.2) is 27.9 Å². The number of nitrogens with one attached hydrogen (secondary N) is 1. The summed E-state index contributed by atoms with van der Waals surface area (Å²) in [5, 5.41) is 9.26. The van der Waals surface area contributed by atoms with Crippen molar-refractivity contribution in [3.8, 4) is 11.3 Å². The van der Waals surface area contributed by atoms with Crippen molar-refractivity contribution in [3.63, 3.8) is 0 Å². The Kier molecular flexibility index (Phi) is 5.59. The van der Waals surface area contributed by atoms with Crippen LogP contribution >= 0.6 is 11.6 Å². The van der Waals surface area contributed by atoms with Gasteiger partial charge in [-0.05, 0) is 55.7 Å². The van der Waals surface area contributed by atoms with E-state index in [4.69, 9.17) is 11.6 Å². The first-order valence-electron chi connectivity index (χ1n) is 8.56. The Morgan fingerprint density at radius 1 is 1.03 bits per heavy atom. The number of benzene rings is 2. The van der Waals surface area contributed by atoms with Gasteiger partial charge in [0.05, 0.1) is 16.2 Å². The predicted octanol–water partition coefficient (Wildman–Crippen LogP) is 4.22. The molecule has 3 rings (SSSR count). The Morgan fingerprint density at radius 2 is 1.69 bits per heavy atom. The van der Waals surface area contributed by atoms with Gasteiger partial charge in [0.15, 0.2) is 0 Å². The molecule has 0 spiro atoms. The lowest BCUT2D eigenvalue weighted by molar-refractivity contribution is 0.0696. The van der Waals surface area contributed by atoms with Crippen LogP contribution in [0.2, 0.25) is 5.15 Å². The number of carboxylic acids is 1. The summed E-state index contributed by atoms with van der Waals surface area (Å²) in [7, 11) is -4.12. The van der Waals surface area contributed by atoms with Crippen molar-refractivity contribution in [2.45, 2.75) is 25.7 Å².